The lowest BCUT2D eigenvalue weighted by Crippen LogP contribution is -2.41. The zero-order valence-corrected chi connectivity index (χ0v) is 20.7. The fraction of sp³-hybridized carbons (Fsp3) is 0.240. The van der Waals surface area contributed by atoms with E-state index in [0.717, 1.165) is 10.0 Å². The van der Waals surface area contributed by atoms with Crippen LogP contribution in [0.5, 0.6) is 0 Å². The van der Waals surface area contributed by atoms with Gasteiger partial charge in [0.2, 0.25) is 0 Å². The van der Waals surface area contributed by atoms with Crippen LogP contribution in [0.4, 0.5) is 0 Å². The number of fused-ring (bicyclic) bond motifs is 1. The van der Waals surface area contributed by atoms with Gasteiger partial charge in [-0.3, -0.25) is 14.2 Å². The van der Waals surface area contributed by atoms with E-state index >= 15 is 0 Å². The van der Waals surface area contributed by atoms with Crippen LogP contribution in [0.1, 0.15) is 41.1 Å². The molecule has 0 fully saturated rings. The van der Waals surface area contributed by atoms with E-state index in [9.17, 15) is 9.59 Å². The van der Waals surface area contributed by atoms with Gasteiger partial charge in [0.1, 0.15) is 10.7 Å². The van der Waals surface area contributed by atoms with E-state index in [-0.39, 0.29) is 11.5 Å². The first-order valence-electron chi connectivity index (χ1n) is 10.8. The number of thiophene rings is 1. The molecule has 0 saturated carbocycles. The van der Waals surface area contributed by atoms with Crippen molar-refractivity contribution in [3.63, 3.8) is 0 Å². The van der Waals surface area contributed by atoms with Gasteiger partial charge in [-0.25, -0.2) is 4.98 Å². The number of carbonyl (C=O) groups excluding carboxylic acids is 1. The summed E-state index contributed by atoms with van der Waals surface area (Å²) in [6.45, 7) is 3.05. The maximum Gasteiger partial charge on any atom is 0.262 e. The summed E-state index contributed by atoms with van der Waals surface area (Å²) in [6.07, 6.45) is 0.598. The summed E-state index contributed by atoms with van der Waals surface area (Å²) in [5, 5.41) is 2.47. The van der Waals surface area contributed by atoms with Crippen molar-refractivity contribution in [3.05, 3.63) is 97.8 Å². The predicted molar refractivity (Wildman–Crippen MR) is 137 cm³/mol. The lowest BCUT2D eigenvalue weighted by molar-refractivity contribution is 0.0664. The van der Waals surface area contributed by atoms with Crippen LogP contribution >= 0.6 is 27.3 Å². The largest absolute Gasteiger partial charge is 0.329 e. The topological polar surface area (TPSA) is 81.2 Å². The maximum absolute atomic E-state index is 13.5. The van der Waals surface area contributed by atoms with Crippen LogP contribution in [0.25, 0.3) is 10.2 Å². The third-order valence-corrected chi connectivity index (χ3v) is 6.91. The number of hydrogen-bond donors (Lipinski definition) is 1. The van der Waals surface area contributed by atoms with Gasteiger partial charge in [0.15, 0.2) is 0 Å². The molecule has 0 radical (unpaired) electrons. The quantitative estimate of drug-likeness (QED) is 0.358. The van der Waals surface area contributed by atoms with Crippen molar-refractivity contribution in [2.24, 2.45) is 5.73 Å². The first kappa shape index (κ1) is 23.4. The van der Waals surface area contributed by atoms with Crippen LogP contribution in [-0.4, -0.2) is 33.4 Å². The lowest BCUT2D eigenvalue weighted by Gasteiger charge is -2.32. The van der Waals surface area contributed by atoms with Gasteiger partial charge in [0, 0.05) is 23.1 Å². The summed E-state index contributed by atoms with van der Waals surface area (Å²) < 4.78 is 2.61. The van der Waals surface area contributed by atoms with Gasteiger partial charge in [-0.1, -0.05) is 53.2 Å². The number of rotatable bonds is 8. The molecule has 0 spiro atoms. The van der Waals surface area contributed by atoms with Gasteiger partial charge in [0.25, 0.3) is 11.5 Å². The molecule has 6 nitrogen and oxygen atoms in total. The zero-order valence-electron chi connectivity index (χ0n) is 18.3. The molecule has 0 aliphatic carbocycles. The summed E-state index contributed by atoms with van der Waals surface area (Å²) in [5.41, 5.74) is 7.39. The van der Waals surface area contributed by atoms with Crippen molar-refractivity contribution >= 4 is 43.4 Å². The van der Waals surface area contributed by atoms with Crippen LogP contribution in [0, 0.1) is 0 Å². The fourth-order valence-corrected chi connectivity index (χ4v) is 5.00. The molecule has 8 heteroatoms. The van der Waals surface area contributed by atoms with Crippen LogP contribution in [0.15, 0.2) is 75.3 Å². The second kappa shape index (κ2) is 10.4. The van der Waals surface area contributed by atoms with Gasteiger partial charge < -0.3 is 10.6 Å². The van der Waals surface area contributed by atoms with E-state index < -0.39 is 6.04 Å². The first-order chi connectivity index (χ1) is 16.0. The minimum absolute atomic E-state index is 0.0951. The van der Waals surface area contributed by atoms with E-state index in [4.69, 9.17) is 10.7 Å². The van der Waals surface area contributed by atoms with Gasteiger partial charge in [-0.15, -0.1) is 11.3 Å². The molecule has 170 valence electrons. The summed E-state index contributed by atoms with van der Waals surface area (Å²) >= 11 is 4.85. The SMILES string of the molecule is CCC(c1nc2sccc2c(=O)n1Cc1ccccc1)N(CCN)C(=O)c1ccc(Br)cc1. The predicted octanol–water partition coefficient (Wildman–Crippen LogP) is 4.82. The molecule has 0 saturated heterocycles. The average Bonchev–Trinajstić information content (AvgIpc) is 3.31. The summed E-state index contributed by atoms with van der Waals surface area (Å²) in [7, 11) is 0. The summed E-state index contributed by atoms with van der Waals surface area (Å²) in [6, 6.07) is 18.5. The number of amides is 1. The highest BCUT2D eigenvalue weighted by Gasteiger charge is 2.29. The second-order valence-corrected chi connectivity index (χ2v) is 9.51. The number of carbonyl (C=O) groups is 1. The highest BCUT2D eigenvalue weighted by Crippen LogP contribution is 2.27. The third-order valence-electron chi connectivity index (χ3n) is 5.58. The number of benzene rings is 2. The van der Waals surface area contributed by atoms with E-state index in [0.29, 0.717) is 47.7 Å². The van der Waals surface area contributed by atoms with Gasteiger partial charge in [0.05, 0.1) is 18.0 Å². The molecule has 0 aliphatic rings. The second-order valence-electron chi connectivity index (χ2n) is 7.70. The molecule has 1 amide bonds. The minimum atomic E-state index is -0.396. The third kappa shape index (κ3) is 4.93. The Bertz CT molecular complexity index is 1300. The molecular formula is C25H25BrN4O2S. The average molecular weight is 525 g/mol. The molecule has 4 rings (SSSR count). The normalized spacial score (nSPS) is 12.1. The van der Waals surface area contributed by atoms with Crippen LogP contribution in [0.2, 0.25) is 0 Å². The Balaban J connectivity index is 1.84. The molecule has 1 atom stereocenters. The van der Waals surface area contributed by atoms with E-state index in [1.165, 1.54) is 11.3 Å². The minimum Gasteiger partial charge on any atom is -0.329 e. The molecule has 33 heavy (non-hydrogen) atoms. The molecule has 0 bridgehead atoms. The summed E-state index contributed by atoms with van der Waals surface area (Å²) in [5.74, 6) is 0.451. The Hall–Kier alpha value is -2.81. The summed E-state index contributed by atoms with van der Waals surface area (Å²) in [4.78, 5) is 34.3. The smallest absolute Gasteiger partial charge is 0.262 e. The molecule has 4 aromatic rings. The molecule has 0 aliphatic heterocycles. The zero-order chi connectivity index (χ0) is 23.4. The molecule has 1 unspecified atom stereocenters. The number of nitrogens with zero attached hydrogens (tertiary/aromatic N) is 3. The maximum atomic E-state index is 13.5. The van der Waals surface area contributed by atoms with Gasteiger partial charge >= 0.3 is 0 Å². The monoisotopic (exact) mass is 524 g/mol. The number of aromatic nitrogens is 2. The first-order valence-corrected chi connectivity index (χ1v) is 12.5. The Labute approximate surface area is 204 Å². The van der Waals surface area contributed by atoms with E-state index in [1.54, 1.807) is 21.6 Å². The number of hydrogen-bond acceptors (Lipinski definition) is 5. The standard InChI is InChI=1S/C25H25BrN4O2S/c1-2-21(29(14-13-27)24(31)18-8-10-19(26)11-9-18)22-28-23-20(12-15-33-23)25(32)30(22)16-17-6-4-3-5-7-17/h3-12,15,21H,2,13-14,16,27H2,1H3. The van der Waals surface area contributed by atoms with Crippen LogP contribution in [0.3, 0.4) is 0 Å². The Morgan fingerprint density at radius 2 is 1.88 bits per heavy atom. The Kier molecular flexibility index (Phi) is 7.37. The van der Waals surface area contributed by atoms with Crippen molar-refractivity contribution in [2.45, 2.75) is 25.9 Å². The van der Waals surface area contributed by atoms with Crippen LogP contribution < -0.4 is 11.3 Å². The molecule has 2 N–H and O–H groups in total. The van der Waals surface area contributed by atoms with Gasteiger partial charge in [-0.05, 0) is 47.7 Å². The molecule has 2 heterocycles. The van der Waals surface area contributed by atoms with E-state index in [2.05, 4.69) is 15.9 Å². The van der Waals surface area contributed by atoms with Gasteiger partial charge in [-0.2, -0.15) is 0 Å². The molecular weight excluding hydrogens is 500 g/mol. The number of nitrogens with two attached hydrogens (primary N) is 1. The van der Waals surface area contributed by atoms with Crippen molar-refractivity contribution in [3.8, 4) is 0 Å². The van der Waals surface area contributed by atoms with Crippen molar-refractivity contribution < 1.29 is 4.79 Å². The van der Waals surface area contributed by atoms with Crippen molar-refractivity contribution in [1.29, 1.82) is 0 Å². The van der Waals surface area contributed by atoms with Crippen LogP contribution in [-0.2, 0) is 6.54 Å². The lowest BCUT2D eigenvalue weighted by atomic mass is 10.1. The highest BCUT2D eigenvalue weighted by atomic mass is 79.9. The molecule has 2 aromatic carbocycles. The molecule has 2 aromatic heterocycles. The Morgan fingerprint density at radius 3 is 2.55 bits per heavy atom. The Morgan fingerprint density at radius 1 is 1.15 bits per heavy atom. The highest BCUT2D eigenvalue weighted by molar-refractivity contribution is 9.10. The number of halogens is 1. The van der Waals surface area contributed by atoms with Crippen molar-refractivity contribution in [2.75, 3.05) is 13.1 Å². The fourth-order valence-electron chi connectivity index (χ4n) is 3.98. The van der Waals surface area contributed by atoms with Crippen molar-refractivity contribution in [1.82, 2.24) is 14.5 Å². The van der Waals surface area contributed by atoms with E-state index in [1.807, 2.05) is 60.8 Å².